The Labute approximate surface area is 125 Å². The molecule has 4 heteroatoms. The van der Waals surface area contributed by atoms with Crippen LogP contribution in [0.15, 0.2) is 30.3 Å². The molecule has 0 spiro atoms. The average molecular weight is 286 g/mol. The average Bonchev–Trinajstić information content (AvgIpc) is 2.46. The number of aromatic nitrogens is 1. The molecule has 1 aromatic heterocycles. The maximum absolute atomic E-state index is 5.90. The third-order valence-corrected chi connectivity index (χ3v) is 3.37. The Balaban J connectivity index is 2.18. The summed E-state index contributed by atoms with van der Waals surface area (Å²) in [5.74, 6) is 1.36. The highest BCUT2D eigenvalue weighted by atomic mass is 16.5. The van der Waals surface area contributed by atoms with E-state index < -0.39 is 0 Å². The van der Waals surface area contributed by atoms with E-state index in [-0.39, 0.29) is 0 Å². The van der Waals surface area contributed by atoms with E-state index in [1.807, 2.05) is 44.2 Å². The Kier molecular flexibility index (Phi) is 5.31. The predicted molar refractivity (Wildman–Crippen MR) is 83.7 cm³/mol. The van der Waals surface area contributed by atoms with Crippen LogP contribution in [0.1, 0.15) is 22.4 Å². The van der Waals surface area contributed by atoms with Gasteiger partial charge in [-0.1, -0.05) is 12.1 Å². The first-order valence-electron chi connectivity index (χ1n) is 7.07. The number of hydrogen-bond acceptors (Lipinski definition) is 4. The number of benzene rings is 1. The van der Waals surface area contributed by atoms with Crippen molar-refractivity contribution in [2.45, 2.75) is 26.8 Å². The van der Waals surface area contributed by atoms with Crippen molar-refractivity contribution in [3.8, 4) is 11.6 Å². The van der Waals surface area contributed by atoms with Gasteiger partial charge in [0.2, 0.25) is 5.88 Å². The fourth-order valence-corrected chi connectivity index (χ4v) is 2.22. The van der Waals surface area contributed by atoms with E-state index >= 15 is 0 Å². The summed E-state index contributed by atoms with van der Waals surface area (Å²) in [4.78, 5) is 4.45. The maximum atomic E-state index is 5.90. The van der Waals surface area contributed by atoms with Crippen LogP contribution >= 0.6 is 0 Å². The van der Waals surface area contributed by atoms with Crippen LogP contribution in [0, 0.1) is 13.8 Å². The molecule has 1 aromatic carbocycles. The summed E-state index contributed by atoms with van der Waals surface area (Å²) in [6.45, 7) is 5.11. The second-order valence-electron chi connectivity index (χ2n) is 5.06. The molecular formula is C17H22N2O2. The van der Waals surface area contributed by atoms with E-state index in [2.05, 4.69) is 4.98 Å². The van der Waals surface area contributed by atoms with Crippen molar-refractivity contribution in [2.75, 3.05) is 13.7 Å². The zero-order valence-electron chi connectivity index (χ0n) is 12.8. The first kappa shape index (κ1) is 15.5. The molecule has 0 aliphatic rings. The Morgan fingerprint density at radius 3 is 2.48 bits per heavy atom. The second kappa shape index (κ2) is 7.20. The number of methoxy groups -OCH3 is 1. The number of rotatable bonds is 6. The number of hydrogen-bond donors (Lipinski definition) is 1. The van der Waals surface area contributed by atoms with Crippen molar-refractivity contribution >= 4 is 0 Å². The van der Waals surface area contributed by atoms with Crippen LogP contribution in [-0.4, -0.2) is 18.7 Å². The normalized spacial score (nSPS) is 10.7. The van der Waals surface area contributed by atoms with Crippen molar-refractivity contribution in [1.29, 1.82) is 0 Å². The third-order valence-electron chi connectivity index (χ3n) is 3.37. The van der Waals surface area contributed by atoms with Crippen LogP contribution in [0.3, 0.4) is 0 Å². The van der Waals surface area contributed by atoms with Gasteiger partial charge in [0, 0.05) is 24.9 Å². The fourth-order valence-electron chi connectivity index (χ4n) is 2.22. The highest BCUT2D eigenvalue weighted by Crippen LogP contribution is 2.26. The molecule has 0 amide bonds. The molecule has 0 aliphatic heterocycles. The molecule has 2 N–H and O–H groups in total. The molecule has 4 nitrogen and oxygen atoms in total. The van der Waals surface area contributed by atoms with Crippen LogP contribution in [0.5, 0.6) is 11.6 Å². The highest BCUT2D eigenvalue weighted by Gasteiger charge is 2.09. The topological polar surface area (TPSA) is 57.4 Å². The van der Waals surface area contributed by atoms with Gasteiger partial charge in [-0.3, -0.25) is 0 Å². The first-order valence-corrected chi connectivity index (χ1v) is 7.07. The number of pyridine rings is 1. The molecule has 0 radical (unpaired) electrons. The molecule has 0 fully saturated rings. The minimum Gasteiger partial charge on any atom is -0.439 e. The monoisotopic (exact) mass is 286 g/mol. The Bertz CT molecular complexity index is 594. The largest absolute Gasteiger partial charge is 0.439 e. The number of nitrogens with two attached hydrogens (primary N) is 1. The summed E-state index contributed by atoms with van der Waals surface area (Å²) < 4.78 is 11.0. The summed E-state index contributed by atoms with van der Waals surface area (Å²) in [6.07, 6.45) is 0.895. The van der Waals surface area contributed by atoms with Gasteiger partial charge in [0.15, 0.2) is 0 Å². The van der Waals surface area contributed by atoms with Gasteiger partial charge in [0.1, 0.15) is 5.75 Å². The predicted octanol–water partition coefficient (Wildman–Crippen LogP) is 3.14. The summed E-state index contributed by atoms with van der Waals surface area (Å²) >= 11 is 0. The Morgan fingerprint density at radius 1 is 1.14 bits per heavy atom. The summed E-state index contributed by atoms with van der Waals surface area (Å²) in [6, 6.07) is 10.00. The van der Waals surface area contributed by atoms with E-state index in [4.69, 9.17) is 15.2 Å². The van der Waals surface area contributed by atoms with Gasteiger partial charge in [-0.15, -0.1) is 0 Å². The van der Waals surface area contributed by atoms with E-state index in [0.29, 0.717) is 12.4 Å². The minimum atomic E-state index is 0.417. The van der Waals surface area contributed by atoms with Crippen molar-refractivity contribution < 1.29 is 9.47 Å². The molecule has 0 atom stereocenters. The molecule has 2 aromatic rings. The van der Waals surface area contributed by atoms with Gasteiger partial charge < -0.3 is 15.2 Å². The highest BCUT2D eigenvalue weighted by molar-refractivity contribution is 5.39. The van der Waals surface area contributed by atoms with Crippen LogP contribution in [0.4, 0.5) is 0 Å². The molecular weight excluding hydrogens is 264 g/mol. The summed E-state index contributed by atoms with van der Waals surface area (Å²) in [5.41, 5.74) is 10.0. The summed E-state index contributed by atoms with van der Waals surface area (Å²) in [5, 5.41) is 0. The first-order chi connectivity index (χ1) is 10.1. The number of ether oxygens (including phenoxy) is 2. The SMILES string of the molecule is COCCc1ccc(Oc2nc(C)cc(C)c2CN)cc1. The van der Waals surface area contributed by atoms with Gasteiger partial charge in [-0.2, -0.15) is 0 Å². The van der Waals surface area contributed by atoms with Crippen LogP contribution < -0.4 is 10.5 Å². The molecule has 112 valence electrons. The molecule has 0 unspecified atom stereocenters. The number of nitrogens with zero attached hydrogens (tertiary/aromatic N) is 1. The Morgan fingerprint density at radius 2 is 1.86 bits per heavy atom. The zero-order chi connectivity index (χ0) is 15.2. The lowest BCUT2D eigenvalue weighted by molar-refractivity contribution is 0.202. The second-order valence-corrected chi connectivity index (χ2v) is 5.06. The quantitative estimate of drug-likeness (QED) is 0.886. The minimum absolute atomic E-state index is 0.417. The zero-order valence-corrected chi connectivity index (χ0v) is 12.8. The molecule has 0 bridgehead atoms. The van der Waals surface area contributed by atoms with Crippen LogP contribution in [0.25, 0.3) is 0 Å². The fraction of sp³-hybridized carbons (Fsp3) is 0.353. The number of aryl methyl sites for hydroxylation is 2. The molecule has 0 saturated carbocycles. The van der Waals surface area contributed by atoms with Crippen molar-refractivity contribution in [3.63, 3.8) is 0 Å². The van der Waals surface area contributed by atoms with Crippen molar-refractivity contribution in [2.24, 2.45) is 5.73 Å². The Hall–Kier alpha value is -1.91. The molecule has 0 saturated heterocycles. The van der Waals surface area contributed by atoms with Crippen LogP contribution in [-0.2, 0) is 17.7 Å². The van der Waals surface area contributed by atoms with Gasteiger partial charge in [0.05, 0.1) is 6.61 Å². The van der Waals surface area contributed by atoms with Gasteiger partial charge in [-0.25, -0.2) is 4.98 Å². The standard InChI is InChI=1S/C17H22N2O2/c1-12-10-13(2)19-17(16(12)11-18)21-15-6-4-14(5-7-15)8-9-20-3/h4-7,10H,8-9,11,18H2,1-3H3. The van der Waals surface area contributed by atoms with Crippen molar-refractivity contribution in [3.05, 3.63) is 52.7 Å². The van der Waals surface area contributed by atoms with Crippen molar-refractivity contribution in [1.82, 2.24) is 4.98 Å². The lowest BCUT2D eigenvalue weighted by Gasteiger charge is -2.12. The summed E-state index contributed by atoms with van der Waals surface area (Å²) in [7, 11) is 1.71. The van der Waals surface area contributed by atoms with Gasteiger partial charge >= 0.3 is 0 Å². The third kappa shape index (κ3) is 4.03. The lowest BCUT2D eigenvalue weighted by atomic mass is 10.1. The maximum Gasteiger partial charge on any atom is 0.224 e. The smallest absolute Gasteiger partial charge is 0.224 e. The van der Waals surface area contributed by atoms with Gasteiger partial charge in [-0.05, 0) is 49.6 Å². The molecule has 1 heterocycles. The lowest BCUT2D eigenvalue weighted by Crippen LogP contribution is -2.05. The molecule has 2 rings (SSSR count). The molecule has 21 heavy (non-hydrogen) atoms. The van der Waals surface area contributed by atoms with E-state index in [1.54, 1.807) is 7.11 Å². The molecule has 0 aliphatic carbocycles. The van der Waals surface area contributed by atoms with E-state index in [9.17, 15) is 0 Å². The van der Waals surface area contributed by atoms with Gasteiger partial charge in [0.25, 0.3) is 0 Å². The van der Waals surface area contributed by atoms with E-state index in [0.717, 1.165) is 35.6 Å². The van der Waals surface area contributed by atoms with E-state index in [1.165, 1.54) is 5.56 Å². The van der Waals surface area contributed by atoms with Crippen LogP contribution in [0.2, 0.25) is 0 Å².